The summed E-state index contributed by atoms with van der Waals surface area (Å²) in [5, 5.41) is 0. The van der Waals surface area contributed by atoms with Gasteiger partial charge in [-0.25, -0.2) is 4.39 Å². The summed E-state index contributed by atoms with van der Waals surface area (Å²) in [6.45, 7) is 1.84. The van der Waals surface area contributed by atoms with E-state index < -0.39 is 6.00 Å². The fourth-order valence-corrected chi connectivity index (χ4v) is 2.64. The molecule has 1 atom stereocenters. The number of benzene rings is 1. The third-order valence-electron chi connectivity index (χ3n) is 1.86. The van der Waals surface area contributed by atoms with E-state index in [9.17, 15) is 4.39 Å². The SMILES string of the molecule is CC(c1ccc(F)cc1)[Si](Cl)(Cl)Cl. The first-order chi connectivity index (χ1) is 5.91. The molecule has 0 aliphatic carbocycles. The molecule has 5 heteroatoms. The van der Waals surface area contributed by atoms with Crippen LogP contribution >= 0.6 is 33.2 Å². The van der Waals surface area contributed by atoms with Gasteiger partial charge < -0.3 is 0 Å². The Morgan fingerprint density at radius 1 is 1.15 bits per heavy atom. The zero-order valence-corrected chi connectivity index (χ0v) is 10.2. The maximum Gasteiger partial charge on any atom is 0.348 e. The first kappa shape index (κ1) is 11.3. The van der Waals surface area contributed by atoms with Crippen LogP contribution in [0.1, 0.15) is 18.0 Å². The highest BCUT2D eigenvalue weighted by molar-refractivity contribution is 7.65. The van der Waals surface area contributed by atoms with Crippen molar-refractivity contribution in [3.8, 4) is 0 Å². The zero-order valence-electron chi connectivity index (χ0n) is 6.90. The molecule has 0 heterocycles. The Morgan fingerprint density at radius 2 is 1.62 bits per heavy atom. The van der Waals surface area contributed by atoms with Crippen LogP contribution in [-0.4, -0.2) is 6.00 Å². The van der Waals surface area contributed by atoms with Crippen LogP contribution in [0.15, 0.2) is 24.3 Å². The molecule has 0 nitrogen and oxygen atoms in total. The van der Waals surface area contributed by atoms with Crippen molar-refractivity contribution in [1.29, 1.82) is 0 Å². The molecule has 1 aromatic rings. The molecule has 0 aromatic heterocycles. The van der Waals surface area contributed by atoms with Gasteiger partial charge in [0, 0.05) is 5.54 Å². The van der Waals surface area contributed by atoms with Gasteiger partial charge in [0.2, 0.25) is 0 Å². The van der Waals surface area contributed by atoms with Gasteiger partial charge in [0.15, 0.2) is 0 Å². The Labute approximate surface area is 91.7 Å². The quantitative estimate of drug-likeness (QED) is 0.552. The van der Waals surface area contributed by atoms with Crippen LogP contribution in [0.5, 0.6) is 0 Å². The first-order valence-corrected chi connectivity index (χ1v) is 8.84. The normalized spacial score (nSPS) is 14.2. The summed E-state index contributed by atoms with van der Waals surface area (Å²) >= 11 is 17.5. The van der Waals surface area contributed by atoms with Crippen molar-refractivity contribution in [3.05, 3.63) is 35.6 Å². The van der Waals surface area contributed by atoms with Crippen LogP contribution in [0.4, 0.5) is 4.39 Å². The molecule has 0 amide bonds. The van der Waals surface area contributed by atoms with Crippen molar-refractivity contribution < 1.29 is 4.39 Å². The number of hydrogen-bond acceptors (Lipinski definition) is 0. The number of halogens is 4. The van der Waals surface area contributed by atoms with Crippen LogP contribution in [0.3, 0.4) is 0 Å². The minimum absolute atomic E-state index is 0.113. The molecule has 0 bridgehead atoms. The van der Waals surface area contributed by atoms with Gasteiger partial charge >= 0.3 is 6.00 Å². The standard InChI is InChI=1S/C8H8Cl3FSi/c1-6(13(9,10)11)7-2-4-8(12)5-3-7/h2-6H,1H3. The van der Waals surface area contributed by atoms with Gasteiger partial charge in [0.25, 0.3) is 0 Å². The van der Waals surface area contributed by atoms with E-state index >= 15 is 0 Å². The largest absolute Gasteiger partial charge is 0.348 e. The average Bonchev–Trinajstić information content (AvgIpc) is 2.03. The monoisotopic (exact) mass is 256 g/mol. The summed E-state index contributed by atoms with van der Waals surface area (Å²) in [6.07, 6.45) is 0. The molecule has 1 aromatic carbocycles. The summed E-state index contributed by atoms with van der Waals surface area (Å²) < 4.78 is 12.6. The summed E-state index contributed by atoms with van der Waals surface area (Å²) in [6, 6.07) is 3.31. The third-order valence-corrected chi connectivity index (χ3v) is 6.12. The van der Waals surface area contributed by atoms with Crippen molar-refractivity contribution in [2.45, 2.75) is 12.5 Å². The molecular weight excluding hydrogens is 250 g/mol. The summed E-state index contributed by atoms with van der Waals surface area (Å²) in [5.74, 6) is -0.276. The van der Waals surface area contributed by atoms with Gasteiger partial charge in [-0.15, -0.1) is 33.2 Å². The molecule has 0 N–H and O–H groups in total. The lowest BCUT2D eigenvalue weighted by molar-refractivity contribution is 0.627. The van der Waals surface area contributed by atoms with E-state index in [0.29, 0.717) is 0 Å². The van der Waals surface area contributed by atoms with Crippen molar-refractivity contribution in [3.63, 3.8) is 0 Å². The molecule has 13 heavy (non-hydrogen) atoms. The fraction of sp³-hybridized carbons (Fsp3) is 0.250. The van der Waals surface area contributed by atoms with E-state index in [1.165, 1.54) is 12.1 Å². The number of hydrogen-bond donors (Lipinski definition) is 0. The van der Waals surface area contributed by atoms with Gasteiger partial charge in [0.1, 0.15) is 5.82 Å². The Kier molecular flexibility index (Phi) is 3.63. The average molecular weight is 258 g/mol. The fourth-order valence-electron chi connectivity index (χ4n) is 0.940. The molecule has 1 rings (SSSR count). The van der Waals surface area contributed by atoms with Crippen molar-refractivity contribution in [2.75, 3.05) is 0 Å². The van der Waals surface area contributed by atoms with E-state index in [1.807, 2.05) is 6.92 Å². The summed E-state index contributed by atoms with van der Waals surface area (Å²) in [4.78, 5) is 0. The van der Waals surface area contributed by atoms with E-state index in [2.05, 4.69) is 0 Å². The maximum atomic E-state index is 12.6. The molecule has 0 aliphatic heterocycles. The predicted molar refractivity (Wildman–Crippen MR) is 58.1 cm³/mol. The van der Waals surface area contributed by atoms with E-state index in [1.54, 1.807) is 12.1 Å². The van der Waals surface area contributed by atoms with Gasteiger partial charge in [-0.3, -0.25) is 0 Å². The molecule has 0 radical (unpaired) electrons. The summed E-state index contributed by atoms with van der Waals surface area (Å²) in [7, 11) is 0. The minimum atomic E-state index is -2.72. The second-order valence-electron chi connectivity index (χ2n) is 2.81. The zero-order chi connectivity index (χ0) is 10.1. The predicted octanol–water partition coefficient (Wildman–Crippen LogP) is 4.12. The second-order valence-corrected chi connectivity index (χ2v) is 11.9. The van der Waals surface area contributed by atoms with Crippen molar-refractivity contribution >= 4 is 39.2 Å². The molecule has 0 fully saturated rings. The van der Waals surface area contributed by atoms with Crippen LogP contribution < -0.4 is 0 Å². The Balaban J connectivity index is 2.90. The minimum Gasteiger partial charge on any atom is -0.207 e. The first-order valence-electron chi connectivity index (χ1n) is 3.73. The topological polar surface area (TPSA) is 0 Å². The molecule has 0 saturated carbocycles. The lowest BCUT2D eigenvalue weighted by atomic mass is 10.2. The van der Waals surface area contributed by atoms with Gasteiger partial charge in [-0.1, -0.05) is 19.1 Å². The Morgan fingerprint density at radius 3 is 2.00 bits per heavy atom. The smallest absolute Gasteiger partial charge is 0.207 e. The third kappa shape index (κ3) is 3.13. The van der Waals surface area contributed by atoms with Crippen LogP contribution in [-0.2, 0) is 0 Å². The maximum absolute atomic E-state index is 12.6. The molecule has 1 unspecified atom stereocenters. The second kappa shape index (κ2) is 4.18. The van der Waals surface area contributed by atoms with E-state index in [-0.39, 0.29) is 11.4 Å². The Bertz CT molecular complexity index is 280. The lowest BCUT2D eigenvalue weighted by Gasteiger charge is -2.17. The highest BCUT2D eigenvalue weighted by Gasteiger charge is 2.34. The van der Waals surface area contributed by atoms with Crippen LogP contribution in [0.2, 0.25) is 0 Å². The molecule has 0 aliphatic rings. The van der Waals surface area contributed by atoms with Gasteiger partial charge in [0.05, 0.1) is 0 Å². The van der Waals surface area contributed by atoms with Gasteiger partial charge in [-0.05, 0) is 17.7 Å². The van der Waals surface area contributed by atoms with Crippen LogP contribution in [0, 0.1) is 5.82 Å². The van der Waals surface area contributed by atoms with E-state index in [4.69, 9.17) is 33.2 Å². The van der Waals surface area contributed by atoms with E-state index in [0.717, 1.165) is 5.56 Å². The molecule has 0 saturated heterocycles. The molecular formula is C8H8Cl3FSi. The Hall–Kier alpha value is 0.237. The van der Waals surface area contributed by atoms with Crippen LogP contribution in [0.25, 0.3) is 0 Å². The van der Waals surface area contributed by atoms with Crippen molar-refractivity contribution in [2.24, 2.45) is 0 Å². The molecule has 72 valence electrons. The highest BCUT2D eigenvalue weighted by Crippen LogP contribution is 2.36. The lowest BCUT2D eigenvalue weighted by Crippen LogP contribution is -2.20. The van der Waals surface area contributed by atoms with Crippen molar-refractivity contribution in [1.82, 2.24) is 0 Å². The number of rotatable bonds is 2. The summed E-state index contributed by atoms with van der Waals surface area (Å²) in [5.41, 5.74) is 0.756. The molecule has 0 spiro atoms. The highest BCUT2D eigenvalue weighted by atomic mass is 35.8. The van der Waals surface area contributed by atoms with Gasteiger partial charge in [-0.2, -0.15) is 0 Å².